The molecule has 0 aliphatic carbocycles. The van der Waals surface area contributed by atoms with E-state index < -0.39 is 0 Å². The first-order valence-corrected chi connectivity index (χ1v) is 7.43. The quantitative estimate of drug-likeness (QED) is 0.557. The van der Waals surface area contributed by atoms with Crippen molar-refractivity contribution in [3.05, 3.63) is 28.4 Å². The van der Waals surface area contributed by atoms with Gasteiger partial charge in [0.2, 0.25) is 0 Å². The highest BCUT2D eigenvalue weighted by Gasteiger charge is 2.28. The minimum absolute atomic E-state index is 0.473. The summed E-state index contributed by atoms with van der Waals surface area (Å²) >= 11 is 3.44. The van der Waals surface area contributed by atoms with Crippen molar-refractivity contribution in [2.45, 2.75) is 13.0 Å². The molecule has 2 heterocycles. The maximum absolute atomic E-state index is 7.77. The van der Waals surface area contributed by atoms with Gasteiger partial charge in [0.25, 0.3) is 0 Å². The van der Waals surface area contributed by atoms with Gasteiger partial charge in [-0.2, -0.15) is 0 Å². The van der Waals surface area contributed by atoms with Gasteiger partial charge in [-0.05, 0) is 42.0 Å². The number of likely N-dealkylation sites (tertiary alicyclic amines) is 1. The number of pyridine rings is 1. The Kier molecular flexibility index (Phi) is 5.08. The molecule has 0 bridgehead atoms. The molecular formula is C14H19BrN6. The van der Waals surface area contributed by atoms with Crippen molar-refractivity contribution < 1.29 is 0 Å². The molecule has 1 aliphatic rings. The van der Waals surface area contributed by atoms with Gasteiger partial charge in [-0.1, -0.05) is 0 Å². The first-order chi connectivity index (χ1) is 10.0. The summed E-state index contributed by atoms with van der Waals surface area (Å²) in [6, 6.07) is 2.43. The summed E-state index contributed by atoms with van der Waals surface area (Å²) in [5.74, 6) is 0.557. The second-order valence-corrected chi connectivity index (χ2v) is 5.82. The zero-order valence-corrected chi connectivity index (χ0v) is 13.7. The van der Waals surface area contributed by atoms with Crippen LogP contribution in [0.15, 0.2) is 27.8 Å². The Morgan fingerprint density at radius 1 is 1.62 bits per heavy atom. The zero-order chi connectivity index (χ0) is 15.4. The van der Waals surface area contributed by atoms with Crippen LogP contribution in [-0.4, -0.2) is 48.1 Å². The lowest BCUT2D eigenvalue weighted by atomic mass is 10.0. The molecule has 0 radical (unpaired) electrons. The van der Waals surface area contributed by atoms with Crippen molar-refractivity contribution >= 4 is 39.5 Å². The number of nitrogens with two attached hydrogens (primary N) is 1. The maximum atomic E-state index is 7.77. The molecule has 7 heteroatoms. The molecule has 0 unspecified atom stereocenters. The minimum atomic E-state index is 0.473. The van der Waals surface area contributed by atoms with Gasteiger partial charge in [-0.15, -0.1) is 0 Å². The van der Waals surface area contributed by atoms with Gasteiger partial charge >= 0.3 is 0 Å². The van der Waals surface area contributed by atoms with E-state index in [1.165, 1.54) is 6.34 Å². The molecule has 1 aliphatic heterocycles. The fraction of sp³-hybridized carbons (Fsp3) is 0.357. The zero-order valence-electron chi connectivity index (χ0n) is 12.1. The van der Waals surface area contributed by atoms with Gasteiger partial charge < -0.3 is 21.4 Å². The van der Waals surface area contributed by atoms with Crippen LogP contribution in [0.4, 0.5) is 5.82 Å². The van der Waals surface area contributed by atoms with Crippen molar-refractivity contribution in [1.29, 1.82) is 5.41 Å². The number of rotatable bonds is 5. The molecule has 1 aromatic rings. The molecule has 1 aromatic heterocycles. The van der Waals surface area contributed by atoms with Crippen molar-refractivity contribution in [3.8, 4) is 0 Å². The van der Waals surface area contributed by atoms with Crippen LogP contribution in [0, 0.1) is 5.41 Å². The van der Waals surface area contributed by atoms with E-state index in [1.54, 1.807) is 13.1 Å². The average Bonchev–Trinajstić information content (AvgIpc) is 2.38. The van der Waals surface area contributed by atoms with Gasteiger partial charge in [0.15, 0.2) is 5.82 Å². The number of likely N-dealkylation sites (N-methyl/N-ethyl adjacent to an activating group) is 1. The Labute approximate surface area is 132 Å². The number of aliphatic imine (C=N–C) groups is 1. The molecule has 0 atom stereocenters. The second-order valence-electron chi connectivity index (χ2n) is 4.91. The van der Waals surface area contributed by atoms with Crippen molar-refractivity contribution in [2.75, 3.05) is 20.1 Å². The van der Waals surface area contributed by atoms with E-state index in [0.717, 1.165) is 28.8 Å². The van der Waals surface area contributed by atoms with Crippen LogP contribution in [-0.2, 0) is 0 Å². The molecule has 21 heavy (non-hydrogen) atoms. The number of nitrogens with zero attached hydrogens (tertiary/aromatic N) is 3. The van der Waals surface area contributed by atoms with E-state index in [0.29, 0.717) is 17.6 Å². The summed E-state index contributed by atoms with van der Waals surface area (Å²) in [5, 5.41) is 11.0. The number of allylic oxidation sites excluding steroid dienone is 1. The van der Waals surface area contributed by atoms with Crippen LogP contribution in [0.5, 0.6) is 0 Å². The Morgan fingerprint density at radius 3 is 2.90 bits per heavy atom. The van der Waals surface area contributed by atoms with Gasteiger partial charge in [-0.25, -0.2) is 9.98 Å². The fourth-order valence-corrected chi connectivity index (χ4v) is 2.53. The van der Waals surface area contributed by atoms with E-state index in [-0.39, 0.29) is 0 Å². The minimum Gasteiger partial charge on any atom is -0.390 e. The highest BCUT2D eigenvalue weighted by atomic mass is 79.9. The highest BCUT2D eigenvalue weighted by Crippen LogP contribution is 2.32. The van der Waals surface area contributed by atoms with Crippen LogP contribution in [0.3, 0.4) is 0 Å². The van der Waals surface area contributed by atoms with Crippen molar-refractivity contribution in [1.82, 2.24) is 15.2 Å². The second kappa shape index (κ2) is 6.82. The Bertz CT molecular complexity index is 589. The predicted octanol–water partition coefficient (Wildman–Crippen LogP) is 1.75. The summed E-state index contributed by atoms with van der Waals surface area (Å²) in [6.07, 6.45) is 4.76. The molecule has 0 spiro atoms. The third-order valence-electron chi connectivity index (χ3n) is 3.29. The number of hydrogen-bond acceptors (Lipinski definition) is 5. The lowest BCUT2D eigenvalue weighted by Gasteiger charge is -2.42. The summed E-state index contributed by atoms with van der Waals surface area (Å²) in [5.41, 5.74) is 7.71. The Hall–Kier alpha value is -1.73. The average molecular weight is 351 g/mol. The third-order valence-corrected chi connectivity index (χ3v) is 3.72. The maximum Gasteiger partial charge on any atom is 0.162 e. The number of halogens is 1. The van der Waals surface area contributed by atoms with Crippen LogP contribution in [0.25, 0.3) is 5.70 Å². The first kappa shape index (κ1) is 15.7. The van der Waals surface area contributed by atoms with E-state index in [9.17, 15) is 0 Å². The molecule has 4 N–H and O–H groups in total. The number of nitrogens with one attached hydrogen (secondary N) is 2. The van der Waals surface area contributed by atoms with Gasteiger partial charge in [0.05, 0.1) is 6.34 Å². The topological polar surface area (TPSA) is 90.4 Å². The molecule has 2 rings (SSSR count). The van der Waals surface area contributed by atoms with Crippen molar-refractivity contribution in [3.63, 3.8) is 0 Å². The Balaban J connectivity index is 2.42. The van der Waals surface area contributed by atoms with E-state index >= 15 is 0 Å². The smallest absolute Gasteiger partial charge is 0.162 e. The van der Waals surface area contributed by atoms with E-state index in [4.69, 9.17) is 11.1 Å². The lowest BCUT2D eigenvalue weighted by molar-refractivity contribution is 0.211. The molecule has 0 aromatic carbocycles. The van der Waals surface area contributed by atoms with E-state index in [1.807, 2.05) is 19.2 Å². The molecule has 112 valence electrons. The summed E-state index contributed by atoms with van der Waals surface area (Å²) in [4.78, 5) is 10.6. The van der Waals surface area contributed by atoms with Gasteiger partial charge in [0, 0.05) is 46.8 Å². The standard InChI is InChI=1S/C14H19BrN6/c1-9(17)3-13(21-6-11(7-21)18-2)12-4-10(15)5-19-14(12)20-8-16/h3-5,8,11,17-18H,6-7H2,1-2H3,(H2,16,19,20)/b13-3-,17-9?. The number of hydrogen-bond donors (Lipinski definition) is 3. The normalized spacial score (nSPS) is 16.3. The largest absolute Gasteiger partial charge is 0.390 e. The fourth-order valence-electron chi connectivity index (χ4n) is 2.20. The van der Waals surface area contributed by atoms with Crippen LogP contribution in [0.2, 0.25) is 0 Å². The third kappa shape index (κ3) is 3.68. The molecule has 0 amide bonds. The molecule has 6 nitrogen and oxygen atoms in total. The SMILES string of the molecule is CNC1CN(/C(=C\C(C)=N)c2cc(Br)cnc2N=CN)C1. The summed E-state index contributed by atoms with van der Waals surface area (Å²) in [6.45, 7) is 3.55. The van der Waals surface area contributed by atoms with Gasteiger partial charge in [0.1, 0.15) is 0 Å². The molecule has 0 saturated carbocycles. The molecule has 1 fully saturated rings. The number of aromatic nitrogens is 1. The Morgan fingerprint density at radius 2 is 2.33 bits per heavy atom. The molecule has 1 saturated heterocycles. The summed E-state index contributed by atoms with van der Waals surface area (Å²) in [7, 11) is 1.96. The highest BCUT2D eigenvalue weighted by molar-refractivity contribution is 9.10. The predicted molar refractivity (Wildman–Crippen MR) is 90.1 cm³/mol. The van der Waals surface area contributed by atoms with Crippen LogP contribution >= 0.6 is 15.9 Å². The first-order valence-electron chi connectivity index (χ1n) is 6.64. The lowest BCUT2D eigenvalue weighted by Crippen LogP contribution is -2.55. The van der Waals surface area contributed by atoms with Gasteiger partial charge in [-0.3, -0.25) is 0 Å². The van der Waals surface area contributed by atoms with Crippen molar-refractivity contribution in [2.24, 2.45) is 10.7 Å². The van der Waals surface area contributed by atoms with Crippen LogP contribution < -0.4 is 11.1 Å². The van der Waals surface area contributed by atoms with Crippen LogP contribution in [0.1, 0.15) is 12.5 Å². The summed E-state index contributed by atoms with van der Waals surface area (Å²) < 4.78 is 0.868. The van der Waals surface area contributed by atoms with E-state index in [2.05, 4.69) is 36.1 Å². The monoisotopic (exact) mass is 350 g/mol. The molecular weight excluding hydrogens is 332 g/mol.